The number of aromatic nitrogens is 2. The lowest BCUT2D eigenvalue weighted by atomic mass is 9.98. The summed E-state index contributed by atoms with van der Waals surface area (Å²) in [4.78, 5) is 8.22. The molecular formula is C13H23N3O2. The Bertz CT molecular complexity index is 367. The Balaban J connectivity index is 2.62. The summed E-state index contributed by atoms with van der Waals surface area (Å²) in [6.07, 6.45) is 3.68. The van der Waals surface area contributed by atoms with Crippen molar-refractivity contribution in [2.45, 2.75) is 32.8 Å². The first kappa shape index (κ1) is 14.9. The van der Waals surface area contributed by atoms with E-state index in [9.17, 15) is 5.11 Å². The Morgan fingerprint density at radius 2 is 2.06 bits per heavy atom. The molecule has 0 aliphatic heterocycles. The predicted octanol–water partition coefficient (Wildman–Crippen LogP) is 1.33. The van der Waals surface area contributed by atoms with Gasteiger partial charge in [-0.3, -0.25) is 4.98 Å². The first-order chi connectivity index (χ1) is 8.47. The third-order valence-corrected chi connectivity index (χ3v) is 2.71. The van der Waals surface area contributed by atoms with E-state index in [2.05, 4.69) is 29.1 Å². The van der Waals surface area contributed by atoms with Crippen LogP contribution in [0.2, 0.25) is 0 Å². The second-order valence-corrected chi connectivity index (χ2v) is 5.04. The minimum absolute atomic E-state index is 0.381. The van der Waals surface area contributed by atoms with Gasteiger partial charge in [0.05, 0.1) is 7.11 Å². The molecule has 0 aliphatic carbocycles. The summed E-state index contributed by atoms with van der Waals surface area (Å²) in [5.74, 6) is 0.979. The van der Waals surface area contributed by atoms with E-state index >= 15 is 0 Å². The summed E-state index contributed by atoms with van der Waals surface area (Å²) in [5.41, 5.74) is -0.553. The lowest BCUT2D eigenvalue weighted by Gasteiger charge is -2.24. The first-order valence-corrected chi connectivity index (χ1v) is 6.26. The monoisotopic (exact) mass is 253 g/mol. The highest BCUT2D eigenvalue weighted by atomic mass is 16.5. The zero-order chi connectivity index (χ0) is 13.6. The zero-order valence-electron chi connectivity index (χ0n) is 11.6. The van der Waals surface area contributed by atoms with Gasteiger partial charge in [-0.1, -0.05) is 13.8 Å². The highest BCUT2D eigenvalue weighted by Gasteiger charge is 2.28. The molecule has 1 aromatic heterocycles. The van der Waals surface area contributed by atoms with E-state index in [-0.39, 0.29) is 0 Å². The molecule has 0 amide bonds. The molecule has 1 rings (SSSR count). The van der Waals surface area contributed by atoms with E-state index in [4.69, 9.17) is 4.74 Å². The van der Waals surface area contributed by atoms with Crippen LogP contribution in [0.1, 0.15) is 32.9 Å². The van der Waals surface area contributed by atoms with Crippen molar-refractivity contribution in [3.8, 4) is 5.88 Å². The summed E-state index contributed by atoms with van der Waals surface area (Å²) in [6, 6.07) is 0. The maximum atomic E-state index is 10.4. The molecule has 2 N–H and O–H groups in total. The van der Waals surface area contributed by atoms with Crippen LogP contribution in [-0.4, -0.2) is 35.3 Å². The molecule has 5 nitrogen and oxygen atoms in total. The molecule has 0 spiro atoms. The first-order valence-electron chi connectivity index (χ1n) is 6.26. The number of aliphatic hydroxyl groups is 1. The number of nitrogens with one attached hydrogen (secondary N) is 1. The fraction of sp³-hybridized carbons (Fsp3) is 0.692. The molecule has 18 heavy (non-hydrogen) atoms. The summed E-state index contributed by atoms with van der Waals surface area (Å²) < 4.78 is 5.12. The fourth-order valence-electron chi connectivity index (χ4n) is 1.68. The van der Waals surface area contributed by atoms with Crippen molar-refractivity contribution in [3.63, 3.8) is 0 Å². The van der Waals surface area contributed by atoms with Crippen LogP contribution < -0.4 is 10.1 Å². The van der Waals surface area contributed by atoms with Gasteiger partial charge in [0.25, 0.3) is 0 Å². The van der Waals surface area contributed by atoms with Gasteiger partial charge < -0.3 is 15.2 Å². The number of methoxy groups -OCH3 is 1. The Labute approximate surface area is 109 Å². The van der Waals surface area contributed by atoms with Gasteiger partial charge in [-0.05, 0) is 32.4 Å². The molecule has 5 heteroatoms. The van der Waals surface area contributed by atoms with Crippen molar-refractivity contribution in [2.75, 3.05) is 20.2 Å². The molecule has 0 fully saturated rings. The quantitative estimate of drug-likeness (QED) is 0.718. The van der Waals surface area contributed by atoms with Gasteiger partial charge in [0.2, 0.25) is 5.88 Å². The number of rotatable bonds is 7. The second kappa shape index (κ2) is 6.66. The average molecular weight is 253 g/mol. The van der Waals surface area contributed by atoms with Gasteiger partial charge >= 0.3 is 0 Å². The van der Waals surface area contributed by atoms with Crippen LogP contribution in [0, 0.1) is 5.92 Å². The number of hydrogen-bond acceptors (Lipinski definition) is 5. The molecule has 0 aliphatic rings. The zero-order valence-corrected chi connectivity index (χ0v) is 11.6. The van der Waals surface area contributed by atoms with Crippen LogP contribution in [-0.2, 0) is 5.60 Å². The molecular weight excluding hydrogens is 230 g/mol. The molecule has 0 saturated carbocycles. The van der Waals surface area contributed by atoms with Gasteiger partial charge in [-0.15, -0.1) is 0 Å². The van der Waals surface area contributed by atoms with Crippen LogP contribution in [0.5, 0.6) is 5.88 Å². The third kappa shape index (κ3) is 4.23. The smallest absolute Gasteiger partial charge is 0.238 e. The van der Waals surface area contributed by atoms with E-state index in [1.807, 2.05) is 0 Å². The minimum Gasteiger partial charge on any atom is -0.480 e. The third-order valence-electron chi connectivity index (χ3n) is 2.71. The van der Waals surface area contributed by atoms with Crippen molar-refractivity contribution in [2.24, 2.45) is 5.92 Å². The van der Waals surface area contributed by atoms with Crippen molar-refractivity contribution in [3.05, 3.63) is 18.1 Å². The van der Waals surface area contributed by atoms with E-state index in [1.54, 1.807) is 19.3 Å². The lowest BCUT2D eigenvalue weighted by Crippen LogP contribution is -2.30. The van der Waals surface area contributed by atoms with Crippen LogP contribution >= 0.6 is 0 Å². The summed E-state index contributed by atoms with van der Waals surface area (Å²) in [6.45, 7) is 7.70. The van der Waals surface area contributed by atoms with E-state index in [0.717, 1.165) is 13.1 Å². The van der Waals surface area contributed by atoms with E-state index in [1.165, 1.54) is 7.11 Å². The van der Waals surface area contributed by atoms with Crippen molar-refractivity contribution < 1.29 is 9.84 Å². The molecule has 0 bridgehead atoms. The summed E-state index contributed by atoms with van der Waals surface area (Å²) in [7, 11) is 1.53. The Hall–Kier alpha value is -1.20. The van der Waals surface area contributed by atoms with Crippen LogP contribution in [0.4, 0.5) is 0 Å². The van der Waals surface area contributed by atoms with Gasteiger partial charge in [-0.25, -0.2) is 4.98 Å². The molecule has 1 aromatic rings. The second-order valence-electron chi connectivity index (χ2n) is 5.04. The topological polar surface area (TPSA) is 67.3 Å². The van der Waals surface area contributed by atoms with Gasteiger partial charge in [0.1, 0.15) is 11.3 Å². The maximum absolute atomic E-state index is 10.4. The number of hydrogen-bond donors (Lipinski definition) is 2. The summed E-state index contributed by atoms with van der Waals surface area (Å²) >= 11 is 0. The van der Waals surface area contributed by atoms with Gasteiger partial charge in [-0.2, -0.15) is 0 Å². The summed E-state index contributed by atoms with van der Waals surface area (Å²) in [5, 5.41) is 13.7. The van der Waals surface area contributed by atoms with Gasteiger partial charge in [0, 0.05) is 12.4 Å². The van der Waals surface area contributed by atoms with Crippen molar-refractivity contribution in [1.82, 2.24) is 15.3 Å². The highest BCUT2D eigenvalue weighted by Crippen LogP contribution is 2.28. The van der Waals surface area contributed by atoms with E-state index < -0.39 is 5.60 Å². The standard InChI is InChI=1S/C13H23N3O2/c1-10(2)9-14-6-5-13(3,17)11-12(18-4)16-8-7-15-11/h7-8,10,14,17H,5-6,9H2,1-4H3. The van der Waals surface area contributed by atoms with Gasteiger partial charge in [0.15, 0.2) is 0 Å². The maximum Gasteiger partial charge on any atom is 0.238 e. The average Bonchev–Trinajstić information content (AvgIpc) is 2.34. The van der Waals surface area contributed by atoms with Crippen molar-refractivity contribution >= 4 is 0 Å². The molecule has 1 unspecified atom stereocenters. The fourth-order valence-corrected chi connectivity index (χ4v) is 1.68. The number of ether oxygens (including phenoxy) is 1. The molecule has 102 valence electrons. The Morgan fingerprint density at radius 1 is 1.39 bits per heavy atom. The highest BCUT2D eigenvalue weighted by molar-refractivity contribution is 5.23. The van der Waals surface area contributed by atoms with Crippen LogP contribution in [0.15, 0.2) is 12.4 Å². The SMILES string of the molecule is COc1nccnc1C(C)(O)CCNCC(C)C. The van der Waals surface area contributed by atoms with Crippen LogP contribution in [0.3, 0.4) is 0 Å². The molecule has 0 saturated heterocycles. The lowest BCUT2D eigenvalue weighted by molar-refractivity contribution is 0.0400. The Morgan fingerprint density at radius 3 is 2.67 bits per heavy atom. The van der Waals surface area contributed by atoms with E-state index in [0.29, 0.717) is 23.9 Å². The molecule has 0 radical (unpaired) electrons. The van der Waals surface area contributed by atoms with Crippen LogP contribution in [0.25, 0.3) is 0 Å². The molecule has 0 aromatic carbocycles. The normalized spacial score (nSPS) is 14.6. The van der Waals surface area contributed by atoms with Crippen molar-refractivity contribution in [1.29, 1.82) is 0 Å². The largest absolute Gasteiger partial charge is 0.480 e. The predicted molar refractivity (Wildman–Crippen MR) is 70.5 cm³/mol. The minimum atomic E-state index is -1.04. The molecule has 1 atom stereocenters. The Kier molecular flexibility index (Phi) is 5.50. The molecule has 1 heterocycles. The number of nitrogens with zero attached hydrogens (tertiary/aromatic N) is 2.